The molecule has 0 unspecified atom stereocenters. The van der Waals surface area contributed by atoms with Crippen LogP contribution in [0.15, 0.2) is 40.2 Å². The zero-order chi connectivity index (χ0) is 19.8. The number of hydrogen-bond donors (Lipinski definition) is 0. The number of ether oxygens (including phenoxy) is 1. The fraction of sp³-hybridized carbons (Fsp3) is 0.421. The average Bonchev–Trinajstić information content (AvgIpc) is 3.15. The molecule has 28 heavy (non-hydrogen) atoms. The van der Waals surface area contributed by atoms with E-state index >= 15 is 0 Å². The average molecular weight is 384 g/mol. The van der Waals surface area contributed by atoms with Crippen LogP contribution in [-0.2, 0) is 20.8 Å². The number of piperazine rings is 1. The number of fused-ring (bicyclic) bond motifs is 1. The Kier molecular flexibility index (Phi) is 4.68. The minimum absolute atomic E-state index is 0.314. The van der Waals surface area contributed by atoms with Gasteiger partial charge in [0.05, 0.1) is 20.1 Å². The Balaban J connectivity index is 1.51. The highest BCUT2D eigenvalue weighted by molar-refractivity contribution is 5.69. The number of rotatable bonds is 4. The summed E-state index contributed by atoms with van der Waals surface area (Å²) in [6.07, 6.45) is 1.64. The Hall–Kier alpha value is -3.07. The molecule has 0 aliphatic carbocycles. The molecule has 3 aromatic rings. The van der Waals surface area contributed by atoms with Crippen molar-refractivity contribution in [2.45, 2.75) is 6.67 Å². The number of benzene rings is 1. The van der Waals surface area contributed by atoms with E-state index in [9.17, 15) is 9.59 Å². The second-order valence-corrected chi connectivity index (χ2v) is 7.04. The summed E-state index contributed by atoms with van der Waals surface area (Å²) in [5.74, 6) is 0.853. The Bertz CT molecular complexity index is 1120. The zero-order valence-corrected chi connectivity index (χ0v) is 16.3. The van der Waals surface area contributed by atoms with Gasteiger partial charge in [-0.25, -0.2) is 9.78 Å². The molecule has 4 rings (SSSR count). The third kappa shape index (κ3) is 3.07. The van der Waals surface area contributed by atoms with Crippen molar-refractivity contribution in [3.63, 3.8) is 0 Å². The number of anilines is 1. The highest BCUT2D eigenvalue weighted by atomic mass is 16.5. The fourth-order valence-corrected chi connectivity index (χ4v) is 3.67. The zero-order valence-electron chi connectivity index (χ0n) is 16.3. The lowest BCUT2D eigenvalue weighted by Gasteiger charge is -2.36. The highest BCUT2D eigenvalue weighted by Gasteiger charge is 2.20. The van der Waals surface area contributed by atoms with Gasteiger partial charge in [0.1, 0.15) is 5.75 Å². The molecule has 148 valence electrons. The van der Waals surface area contributed by atoms with Crippen molar-refractivity contribution in [1.82, 2.24) is 23.6 Å². The van der Waals surface area contributed by atoms with Gasteiger partial charge in [0, 0.05) is 52.0 Å². The van der Waals surface area contributed by atoms with Crippen molar-refractivity contribution < 1.29 is 4.74 Å². The topological polar surface area (TPSA) is 77.5 Å². The standard InChI is InChI=1S/C19H24N6O3/c1-21-17-16(18(26)22(2)19(21)27)25(12-20-17)13-23-7-9-24(10-8-23)14-5-4-6-15(11-14)28-3/h4-6,11-12H,7-10,13H2,1-3H3. The summed E-state index contributed by atoms with van der Waals surface area (Å²) in [5.41, 5.74) is 1.35. The molecule has 0 saturated carbocycles. The number of imidazole rings is 1. The van der Waals surface area contributed by atoms with E-state index in [1.165, 1.54) is 11.6 Å². The van der Waals surface area contributed by atoms with Crippen molar-refractivity contribution in [3.05, 3.63) is 51.4 Å². The van der Waals surface area contributed by atoms with Crippen LogP contribution in [0.4, 0.5) is 5.69 Å². The maximum absolute atomic E-state index is 12.6. The van der Waals surface area contributed by atoms with E-state index in [0.29, 0.717) is 17.8 Å². The summed E-state index contributed by atoms with van der Waals surface area (Å²) in [6.45, 7) is 4.06. The van der Waals surface area contributed by atoms with Crippen LogP contribution in [0.5, 0.6) is 5.75 Å². The monoisotopic (exact) mass is 384 g/mol. The second-order valence-electron chi connectivity index (χ2n) is 7.04. The molecule has 3 heterocycles. The molecule has 9 nitrogen and oxygen atoms in total. The van der Waals surface area contributed by atoms with Crippen molar-refractivity contribution in [1.29, 1.82) is 0 Å². The summed E-state index contributed by atoms with van der Waals surface area (Å²) in [7, 11) is 4.80. The van der Waals surface area contributed by atoms with E-state index < -0.39 is 0 Å². The SMILES string of the molecule is COc1cccc(N2CCN(Cn3cnc4c3c(=O)n(C)c(=O)n4C)CC2)c1. The molecule has 1 fully saturated rings. The third-order valence-corrected chi connectivity index (χ3v) is 5.36. The van der Waals surface area contributed by atoms with E-state index in [2.05, 4.69) is 20.9 Å². The van der Waals surface area contributed by atoms with Gasteiger partial charge in [0.15, 0.2) is 11.2 Å². The van der Waals surface area contributed by atoms with Crippen molar-refractivity contribution in [2.75, 3.05) is 38.2 Å². The van der Waals surface area contributed by atoms with Gasteiger partial charge in [0.25, 0.3) is 5.56 Å². The van der Waals surface area contributed by atoms with Crippen LogP contribution in [-0.4, -0.2) is 56.9 Å². The molecule has 1 aliphatic rings. The van der Waals surface area contributed by atoms with Crippen molar-refractivity contribution in [3.8, 4) is 5.75 Å². The first-order valence-electron chi connectivity index (χ1n) is 9.22. The summed E-state index contributed by atoms with van der Waals surface area (Å²) in [4.78, 5) is 33.5. The van der Waals surface area contributed by atoms with Gasteiger partial charge in [-0.3, -0.25) is 18.8 Å². The molecule has 0 spiro atoms. The molecule has 1 saturated heterocycles. The molecule has 9 heteroatoms. The van der Waals surface area contributed by atoms with Gasteiger partial charge in [-0.2, -0.15) is 0 Å². The first kappa shape index (κ1) is 18.3. The maximum atomic E-state index is 12.6. The first-order chi connectivity index (χ1) is 13.5. The number of hydrogen-bond acceptors (Lipinski definition) is 6. The number of nitrogens with zero attached hydrogens (tertiary/aromatic N) is 6. The predicted molar refractivity (Wildman–Crippen MR) is 107 cm³/mol. The van der Waals surface area contributed by atoms with Gasteiger partial charge < -0.3 is 14.2 Å². The van der Waals surface area contributed by atoms with Gasteiger partial charge in [0.2, 0.25) is 0 Å². The quantitative estimate of drug-likeness (QED) is 0.641. The largest absolute Gasteiger partial charge is 0.497 e. The number of aryl methyl sites for hydroxylation is 1. The van der Waals surface area contributed by atoms with Crippen LogP contribution < -0.4 is 20.9 Å². The predicted octanol–water partition coefficient (Wildman–Crippen LogP) is 0.222. The summed E-state index contributed by atoms with van der Waals surface area (Å²) in [6, 6.07) is 8.07. The molecule has 0 radical (unpaired) electrons. The number of methoxy groups -OCH3 is 1. The van der Waals surface area contributed by atoms with Crippen LogP contribution in [0.3, 0.4) is 0 Å². The third-order valence-electron chi connectivity index (χ3n) is 5.36. The van der Waals surface area contributed by atoms with E-state index in [1.807, 2.05) is 22.8 Å². The Labute approximate surface area is 162 Å². The van der Waals surface area contributed by atoms with Crippen LogP contribution in [0.1, 0.15) is 0 Å². The second kappa shape index (κ2) is 7.16. The Morgan fingerprint density at radius 2 is 1.82 bits per heavy atom. The molecule has 1 aliphatic heterocycles. The fourth-order valence-electron chi connectivity index (χ4n) is 3.67. The van der Waals surface area contributed by atoms with E-state index in [4.69, 9.17) is 4.74 Å². The van der Waals surface area contributed by atoms with Crippen LogP contribution in [0.25, 0.3) is 11.2 Å². The lowest BCUT2D eigenvalue weighted by molar-refractivity contribution is 0.208. The minimum Gasteiger partial charge on any atom is -0.497 e. The number of aromatic nitrogens is 4. The smallest absolute Gasteiger partial charge is 0.332 e. The molecule has 0 bridgehead atoms. The summed E-state index contributed by atoms with van der Waals surface area (Å²) < 4.78 is 9.68. The van der Waals surface area contributed by atoms with Gasteiger partial charge in [-0.1, -0.05) is 6.07 Å². The van der Waals surface area contributed by atoms with Crippen molar-refractivity contribution in [2.24, 2.45) is 14.1 Å². The molecule has 0 amide bonds. The highest BCUT2D eigenvalue weighted by Crippen LogP contribution is 2.22. The van der Waals surface area contributed by atoms with Gasteiger partial charge >= 0.3 is 5.69 Å². The van der Waals surface area contributed by atoms with Gasteiger partial charge in [-0.05, 0) is 12.1 Å². The lowest BCUT2D eigenvalue weighted by atomic mass is 10.2. The van der Waals surface area contributed by atoms with Crippen LogP contribution in [0, 0.1) is 0 Å². The molecule has 1 aromatic carbocycles. The molecule has 2 aromatic heterocycles. The lowest BCUT2D eigenvalue weighted by Crippen LogP contribution is -2.47. The normalized spacial score (nSPS) is 15.3. The summed E-state index contributed by atoms with van der Waals surface area (Å²) in [5, 5.41) is 0. The molecule has 0 atom stereocenters. The van der Waals surface area contributed by atoms with E-state index in [-0.39, 0.29) is 11.2 Å². The van der Waals surface area contributed by atoms with Crippen LogP contribution >= 0.6 is 0 Å². The maximum Gasteiger partial charge on any atom is 0.332 e. The molecule has 0 N–H and O–H groups in total. The van der Waals surface area contributed by atoms with Gasteiger partial charge in [-0.15, -0.1) is 0 Å². The van der Waals surface area contributed by atoms with Crippen LogP contribution in [0.2, 0.25) is 0 Å². The first-order valence-corrected chi connectivity index (χ1v) is 9.22. The van der Waals surface area contributed by atoms with E-state index in [1.54, 1.807) is 20.5 Å². The van der Waals surface area contributed by atoms with Crippen molar-refractivity contribution >= 4 is 16.9 Å². The molecular weight excluding hydrogens is 360 g/mol. The minimum atomic E-state index is -0.366. The Morgan fingerprint density at radius 1 is 1.07 bits per heavy atom. The summed E-state index contributed by atoms with van der Waals surface area (Å²) >= 11 is 0. The Morgan fingerprint density at radius 3 is 2.54 bits per heavy atom. The molecular formula is C19H24N6O3. The van der Waals surface area contributed by atoms with E-state index in [0.717, 1.165) is 42.2 Å².